The number of nitrogens with zero attached hydrogens (tertiary/aromatic N) is 1. The van der Waals surface area contributed by atoms with Gasteiger partial charge in [-0.05, 0) is 37.5 Å². The summed E-state index contributed by atoms with van der Waals surface area (Å²) < 4.78 is 32.8. The van der Waals surface area contributed by atoms with Crippen LogP contribution in [0.3, 0.4) is 0 Å². The standard InChI is InChI=1S/C15H22ClNO3S/c1-3-14-11-20-12(2)10-17(14)21(18,19)15-6-4-13(5-7-15)8-9-16/h4-7,12,14H,3,8-11H2,1-2H3. The lowest BCUT2D eigenvalue weighted by Gasteiger charge is -2.37. The second-order valence-corrected chi connectivity index (χ2v) is 7.63. The van der Waals surface area contributed by atoms with Crippen molar-refractivity contribution in [3.05, 3.63) is 29.8 Å². The third-order valence-corrected chi connectivity index (χ3v) is 5.92. The first kappa shape index (κ1) is 16.7. The number of halogens is 1. The average Bonchev–Trinajstić information content (AvgIpc) is 2.48. The van der Waals surface area contributed by atoms with E-state index in [4.69, 9.17) is 16.3 Å². The van der Waals surface area contributed by atoms with Crippen LogP contribution >= 0.6 is 11.6 Å². The zero-order chi connectivity index (χ0) is 15.5. The number of ether oxygens (including phenoxy) is 1. The second-order valence-electron chi connectivity index (χ2n) is 5.36. The summed E-state index contributed by atoms with van der Waals surface area (Å²) in [6, 6.07) is 6.92. The van der Waals surface area contributed by atoms with Gasteiger partial charge in [-0.2, -0.15) is 4.31 Å². The molecule has 2 atom stereocenters. The summed E-state index contributed by atoms with van der Waals surface area (Å²) in [6.07, 6.45) is 1.42. The highest BCUT2D eigenvalue weighted by Gasteiger charge is 2.35. The van der Waals surface area contributed by atoms with Crippen LogP contribution in [-0.4, -0.2) is 43.9 Å². The monoisotopic (exact) mass is 331 g/mol. The Bertz CT molecular complexity index is 559. The molecule has 0 bridgehead atoms. The molecule has 0 amide bonds. The average molecular weight is 332 g/mol. The van der Waals surface area contributed by atoms with E-state index >= 15 is 0 Å². The lowest BCUT2D eigenvalue weighted by molar-refractivity contribution is -0.0230. The summed E-state index contributed by atoms with van der Waals surface area (Å²) in [6.45, 7) is 4.75. The molecule has 0 saturated carbocycles. The molecule has 0 radical (unpaired) electrons. The Morgan fingerprint density at radius 3 is 2.57 bits per heavy atom. The molecule has 21 heavy (non-hydrogen) atoms. The first-order valence-corrected chi connectivity index (χ1v) is 9.24. The Kier molecular flexibility index (Phi) is 5.66. The number of sulfonamides is 1. The van der Waals surface area contributed by atoms with Crippen LogP contribution in [0, 0.1) is 0 Å². The Balaban J connectivity index is 2.26. The predicted octanol–water partition coefficient (Wildman–Crippen LogP) is 2.66. The lowest BCUT2D eigenvalue weighted by atomic mass is 10.2. The van der Waals surface area contributed by atoms with E-state index in [1.807, 2.05) is 26.0 Å². The number of morpholine rings is 1. The fourth-order valence-corrected chi connectivity index (χ4v) is 4.48. The van der Waals surface area contributed by atoms with E-state index in [1.54, 1.807) is 16.4 Å². The smallest absolute Gasteiger partial charge is 0.243 e. The van der Waals surface area contributed by atoms with Crippen molar-refractivity contribution in [3.8, 4) is 0 Å². The summed E-state index contributed by atoms with van der Waals surface area (Å²) in [5, 5.41) is 0. The largest absolute Gasteiger partial charge is 0.375 e. The van der Waals surface area contributed by atoms with Crippen molar-refractivity contribution in [2.45, 2.75) is 43.7 Å². The molecule has 0 spiro atoms. The maximum Gasteiger partial charge on any atom is 0.243 e. The van der Waals surface area contributed by atoms with Crippen molar-refractivity contribution in [2.24, 2.45) is 0 Å². The summed E-state index contributed by atoms with van der Waals surface area (Å²) in [5.41, 5.74) is 1.05. The number of alkyl halides is 1. The molecule has 1 aliphatic rings. The number of hydrogen-bond donors (Lipinski definition) is 0. The number of benzene rings is 1. The molecule has 0 N–H and O–H groups in total. The fourth-order valence-electron chi connectivity index (χ4n) is 2.50. The Morgan fingerprint density at radius 2 is 2.00 bits per heavy atom. The van der Waals surface area contributed by atoms with E-state index in [0.717, 1.165) is 18.4 Å². The molecule has 4 nitrogen and oxygen atoms in total. The minimum atomic E-state index is -3.47. The van der Waals surface area contributed by atoms with Crippen molar-refractivity contribution in [3.63, 3.8) is 0 Å². The van der Waals surface area contributed by atoms with Crippen LogP contribution in [0.15, 0.2) is 29.2 Å². The molecule has 0 aliphatic carbocycles. The van der Waals surface area contributed by atoms with Crippen molar-refractivity contribution in [1.29, 1.82) is 0 Å². The van der Waals surface area contributed by atoms with Crippen molar-refractivity contribution in [1.82, 2.24) is 4.31 Å². The van der Waals surface area contributed by atoms with Gasteiger partial charge in [-0.1, -0.05) is 19.1 Å². The lowest BCUT2D eigenvalue weighted by Crippen LogP contribution is -2.51. The van der Waals surface area contributed by atoms with Crippen LogP contribution in [0.1, 0.15) is 25.8 Å². The highest BCUT2D eigenvalue weighted by atomic mass is 35.5. The van der Waals surface area contributed by atoms with Gasteiger partial charge in [0.25, 0.3) is 0 Å². The van der Waals surface area contributed by atoms with Crippen LogP contribution in [0.5, 0.6) is 0 Å². The van der Waals surface area contributed by atoms with E-state index < -0.39 is 10.0 Å². The van der Waals surface area contributed by atoms with Gasteiger partial charge in [0.1, 0.15) is 0 Å². The normalized spacial score (nSPS) is 24.1. The van der Waals surface area contributed by atoms with Gasteiger partial charge in [0, 0.05) is 18.5 Å². The van der Waals surface area contributed by atoms with Gasteiger partial charge in [-0.3, -0.25) is 0 Å². The van der Waals surface area contributed by atoms with Gasteiger partial charge in [-0.15, -0.1) is 11.6 Å². The first-order chi connectivity index (χ1) is 9.98. The molecule has 1 fully saturated rings. The van der Waals surface area contributed by atoms with Crippen molar-refractivity contribution in [2.75, 3.05) is 19.0 Å². The number of rotatable bonds is 5. The molecule has 1 aromatic carbocycles. The third kappa shape index (κ3) is 3.77. The molecule has 2 unspecified atom stereocenters. The summed E-state index contributed by atoms with van der Waals surface area (Å²) in [7, 11) is -3.47. The molecule has 1 heterocycles. The fraction of sp³-hybridized carbons (Fsp3) is 0.600. The van der Waals surface area contributed by atoms with E-state index in [2.05, 4.69) is 0 Å². The zero-order valence-electron chi connectivity index (χ0n) is 12.5. The van der Waals surface area contributed by atoms with E-state index in [-0.39, 0.29) is 12.1 Å². The van der Waals surface area contributed by atoms with Gasteiger partial charge in [0.2, 0.25) is 10.0 Å². The topological polar surface area (TPSA) is 46.6 Å². The zero-order valence-corrected chi connectivity index (χ0v) is 14.0. The predicted molar refractivity (Wildman–Crippen MR) is 84.3 cm³/mol. The summed E-state index contributed by atoms with van der Waals surface area (Å²) >= 11 is 5.70. The van der Waals surface area contributed by atoms with Gasteiger partial charge in [-0.25, -0.2) is 8.42 Å². The Labute approximate surface area is 132 Å². The van der Waals surface area contributed by atoms with Crippen LogP contribution < -0.4 is 0 Å². The van der Waals surface area contributed by atoms with Crippen LogP contribution in [0.4, 0.5) is 0 Å². The highest BCUT2D eigenvalue weighted by molar-refractivity contribution is 7.89. The molecule has 0 aromatic heterocycles. The number of hydrogen-bond acceptors (Lipinski definition) is 3. The maximum absolute atomic E-state index is 12.8. The molecule has 2 rings (SSSR count). The maximum atomic E-state index is 12.8. The van der Waals surface area contributed by atoms with Crippen molar-refractivity contribution >= 4 is 21.6 Å². The molecule has 1 aliphatic heterocycles. The van der Waals surface area contributed by atoms with Gasteiger partial charge in [0.15, 0.2) is 0 Å². The van der Waals surface area contributed by atoms with Crippen LogP contribution in [0.25, 0.3) is 0 Å². The molecular formula is C15H22ClNO3S. The van der Waals surface area contributed by atoms with Gasteiger partial charge < -0.3 is 4.74 Å². The van der Waals surface area contributed by atoms with E-state index in [9.17, 15) is 8.42 Å². The Morgan fingerprint density at radius 1 is 1.33 bits per heavy atom. The molecule has 118 valence electrons. The quantitative estimate of drug-likeness (QED) is 0.779. The van der Waals surface area contributed by atoms with Gasteiger partial charge in [0.05, 0.1) is 17.6 Å². The molecular weight excluding hydrogens is 310 g/mol. The third-order valence-electron chi connectivity index (χ3n) is 3.80. The summed E-state index contributed by atoms with van der Waals surface area (Å²) in [5.74, 6) is 0.533. The van der Waals surface area contributed by atoms with E-state index in [0.29, 0.717) is 23.9 Å². The minimum Gasteiger partial charge on any atom is -0.375 e. The second kappa shape index (κ2) is 7.09. The molecule has 6 heteroatoms. The number of aryl methyl sites for hydroxylation is 1. The van der Waals surface area contributed by atoms with Crippen LogP contribution in [0.2, 0.25) is 0 Å². The highest BCUT2D eigenvalue weighted by Crippen LogP contribution is 2.24. The van der Waals surface area contributed by atoms with Crippen LogP contribution in [-0.2, 0) is 21.2 Å². The summed E-state index contributed by atoms with van der Waals surface area (Å²) in [4.78, 5) is 0.341. The first-order valence-electron chi connectivity index (χ1n) is 7.27. The molecule has 1 saturated heterocycles. The van der Waals surface area contributed by atoms with Crippen molar-refractivity contribution < 1.29 is 13.2 Å². The Hall–Kier alpha value is -0.620. The SMILES string of the molecule is CCC1COC(C)CN1S(=O)(=O)c1ccc(CCCl)cc1. The molecule has 1 aromatic rings. The van der Waals surface area contributed by atoms with E-state index in [1.165, 1.54) is 0 Å². The minimum absolute atomic E-state index is 0.0712. The van der Waals surface area contributed by atoms with Gasteiger partial charge >= 0.3 is 0 Å².